The van der Waals surface area contributed by atoms with Crippen LogP contribution in [0, 0.1) is 11.3 Å². The molecule has 1 heterocycles. The molecule has 1 aromatic heterocycles. The Bertz CT molecular complexity index is 339. The molecule has 0 aromatic carbocycles. The van der Waals surface area contributed by atoms with Crippen LogP contribution in [0.2, 0.25) is 0 Å². The highest BCUT2D eigenvalue weighted by Crippen LogP contribution is 2.13. The van der Waals surface area contributed by atoms with Gasteiger partial charge in [0.2, 0.25) is 0 Å². The number of aryl methyl sites for hydroxylation is 1. The number of anilines is 1. The summed E-state index contributed by atoms with van der Waals surface area (Å²) < 4.78 is 0. The molecule has 0 aliphatic carbocycles. The minimum atomic E-state index is 0.496. The standard InChI is InChI=1S/C11H15N3/c1-2-3-4-5-9-6-11(13)14-8-10(9)7-12/h6,8H,2-5H2,1H3,(H2,13,14). The zero-order valence-corrected chi connectivity index (χ0v) is 8.45. The maximum Gasteiger partial charge on any atom is 0.123 e. The number of rotatable bonds is 4. The van der Waals surface area contributed by atoms with Gasteiger partial charge in [-0.1, -0.05) is 19.8 Å². The number of nitriles is 1. The highest BCUT2D eigenvalue weighted by atomic mass is 14.8. The van der Waals surface area contributed by atoms with E-state index in [1.165, 1.54) is 12.8 Å². The summed E-state index contributed by atoms with van der Waals surface area (Å²) in [6.07, 6.45) is 5.95. The van der Waals surface area contributed by atoms with Gasteiger partial charge in [-0.2, -0.15) is 5.26 Å². The van der Waals surface area contributed by atoms with Gasteiger partial charge in [0.1, 0.15) is 11.9 Å². The first kappa shape index (κ1) is 10.5. The van der Waals surface area contributed by atoms with Crippen molar-refractivity contribution in [2.45, 2.75) is 32.6 Å². The van der Waals surface area contributed by atoms with Crippen molar-refractivity contribution in [3.05, 3.63) is 23.4 Å². The van der Waals surface area contributed by atoms with Crippen LogP contribution in [-0.4, -0.2) is 4.98 Å². The normalized spacial score (nSPS) is 9.71. The number of pyridine rings is 1. The largest absolute Gasteiger partial charge is 0.384 e. The number of nitrogen functional groups attached to an aromatic ring is 1. The fraction of sp³-hybridized carbons (Fsp3) is 0.455. The van der Waals surface area contributed by atoms with Crippen LogP contribution in [0.4, 0.5) is 5.82 Å². The molecule has 0 spiro atoms. The second-order valence-corrected chi connectivity index (χ2v) is 3.34. The Morgan fingerprint density at radius 1 is 1.50 bits per heavy atom. The quantitative estimate of drug-likeness (QED) is 0.739. The van der Waals surface area contributed by atoms with Crippen molar-refractivity contribution in [2.24, 2.45) is 0 Å². The first-order chi connectivity index (χ1) is 6.77. The average Bonchev–Trinajstić information content (AvgIpc) is 2.19. The van der Waals surface area contributed by atoms with Gasteiger partial charge in [0.25, 0.3) is 0 Å². The lowest BCUT2D eigenvalue weighted by molar-refractivity contribution is 0.716. The molecule has 0 unspecified atom stereocenters. The SMILES string of the molecule is CCCCCc1cc(N)ncc1C#N. The summed E-state index contributed by atoms with van der Waals surface area (Å²) in [6, 6.07) is 3.93. The maximum atomic E-state index is 8.84. The minimum Gasteiger partial charge on any atom is -0.384 e. The molecular formula is C11H15N3. The highest BCUT2D eigenvalue weighted by Gasteiger charge is 2.02. The summed E-state index contributed by atoms with van der Waals surface area (Å²) in [7, 11) is 0. The number of nitrogens with zero attached hydrogens (tertiary/aromatic N) is 2. The van der Waals surface area contributed by atoms with E-state index in [0.29, 0.717) is 11.4 Å². The highest BCUT2D eigenvalue weighted by molar-refractivity contribution is 5.42. The number of hydrogen-bond donors (Lipinski definition) is 1. The molecule has 1 rings (SSSR count). The predicted octanol–water partition coefficient (Wildman–Crippen LogP) is 2.27. The van der Waals surface area contributed by atoms with Crippen LogP contribution in [-0.2, 0) is 6.42 Å². The first-order valence-corrected chi connectivity index (χ1v) is 4.92. The zero-order chi connectivity index (χ0) is 10.4. The molecule has 3 nitrogen and oxygen atoms in total. The van der Waals surface area contributed by atoms with Crippen molar-refractivity contribution in [3.8, 4) is 6.07 Å². The van der Waals surface area contributed by atoms with Gasteiger partial charge >= 0.3 is 0 Å². The van der Waals surface area contributed by atoms with E-state index in [2.05, 4.69) is 18.0 Å². The molecule has 2 N–H and O–H groups in total. The summed E-state index contributed by atoms with van der Waals surface area (Å²) in [5.74, 6) is 0.496. The summed E-state index contributed by atoms with van der Waals surface area (Å²) in [6.45, 7) is 2.16. The van der Waals surface area contributed by atoms with E-state index in [4.69, 9.17) is 11.0 Å². The lowest BCUT2D eigenvalue weighted by atomic mass is 10.0. The van der Waals surface area contributed by atoms with Crippen LogP contribution in [0.15, 0.2) is 12.3 Å². The Balaban J connectivity index is 2.73. The van der Waals surface area contributed by atoms with E-state index in [0.717, 1.165) is 18.4 Å². The number of nitrogens with two attached hydrogens (primary N) is 1. The average molecular weight is 189 g/mol. The molecule has 74 valence electrons. The van der Waals surface area contributed by atoms with Gasteiger partial charge in [-0.15, -0.1) is 0 Å². The maximum absolute atomic E-state index is 8.84. The second-order valence-electron chi connectivity index (χ2n) is 3.34. The Morgan fingerprint density at radius 3 is 2.93 bits per heavy atom. The van der Waals surface area contributed by atoms with E-state index in [-0.39, 0.29) is 0 Å². The van der Waals surface area contributed by atoms with Crippen molar-refractivity contribution >= 4 is 5.82 Å². The minimum absolute atomic E-state index is 0.496. The zero-order valence-electron chi connectivity index (χ0n) is 8.45. The molecule has 0 aliphatic heterocycles. The molecule has 0 saturated heterocycles. The molecule has 0 fully saturated rings. The summed E-state index contributed by atoms with van der Waals surface area (Å²) >= 11 is 0. The van der Waals surface area contributed by atoms with Gasteiger partial charge in [0.05, 0.1) is 5.56 Å². The fourth-order valence-electron chi connectivity index (χ4n) is 1.39. The van der Waals surface area contributed by atoms with Crippen LogP contribution < -0.4 is 5.73 Å². The van der Waals surface area contributed by atoms with E-state index < -0.39 is 0 Å². The van der Waals surface area contributed by atoms with Crippen LogP contribution in [0.5, 0.6) is 0 Å². The third-order valence-electron chi connectivity index (χ3n) is 2.18. The molecule has 0 aliphatic rings. The summed E-state index contributed by atoms with van der Waals surface area (Å²) in [5.41, 5.74) is 7.24. The monoisotopic (exact) mass is 189 g/mol. The Kier molecular flexibility index (Phi) is 3.93. The van der Waals surface area contributed by atoms with Gasteiger partial charge in [0, 0.05) is 6.20 Å². The topological polar surface area (TPSA) is 62.7 Å². The Hall–Kier alpha value is -1.56. The predicted molar refractivity (Wildman–Crippen MR) is 56.6 cm³/mol. The van der Waals surface area contributed by atoms with Crippen molar-refractivity contribution in [2.75, 3.05) is 5.73 Å². The van der Waals surface area contributed by atoms with E-state index in [9.17, 15) is 0 Å². The molecule has 1 aromatic rings. The van der Waals surface area contributed by atoms with Gasteiger partial charge < -0.3 is 5.73 Å². The van der Waals surface area contributed by atoms with Crippen molar-refractivity contribution in [1.82, 2.24) is 4.98 Å². The lowest BCUT2D eigenvalue weighted by Crippen LogP contribution is -1.96. The molecule has 0 atom stereocenters. The number of aromatic nitrogens is 1. The first-order valence-electron chi connectivity index (χ1n) is 4.92. The van der Waals surface area contributed by atoms with Crippen LogP contribution >= 0.6 is 0 Å². The molecule has 0 radical (unpaired) electrons. The van der Waals surface area contributed by atoms with Gasteiger partial charge in [-0.05, 0) is 24.5 Å². The van der Waals surface area contributed by atoms with Crippen molar-refractivity contribution in [1.29, 1.82) is 5.26 Å². The van der Waals surface area contributed by atoms with E-state index in [1.807, 2.05) is 0 Å². The van der Waals surface area contributed by atoms with Gasteiger partial charge in [-0.25, -0.2) is 4.98 Å². The smallest absolute Gasteiger partial charge is 0.123 e. The van der Waals surface area contributed by atoms with Crippen LogP contribution in [0.1, 0.15) is 37.3 Å². The third-order valence-corrected chi connectivity index (χ3v) is 2.18. The molecule has 14 heavy (non-hydrogen) atoms. The number of hydrogen-bond acceptors (Lipinski definition) is 3. The second kappa shape index (κ2) is 5.23. The number of unbranched alkanes of at least 4 members (excludes halogenated alkanes) is 2. The van der Waals surface area contributed by atoms with Gasteiger partial charge in [0.15, 0.2) is 0 Å². The summed E-state index contributed by atoms with van der Waals surface area (Å²) in [5, 5.41) is 8.84. The lowest BCUT2D eigenvalue weighted by Gasteiger charge is -2.03. The van der Waals surface area contributed by atoms with Crippen molar-refractivity contribution < 1.29 is 0 Å². The molecule has 0 bridgehead atoms. The Morgan fingerprint density at radius 2 is 2.29 bits per heavy atom. The third kappa shape index (κ3) is 2.74. The summed E-state index contributed by atoms with van der Waals surface area (Å²) in [4.78, 5) is 3.89. The van der Waals surface area contributed by atoms with E-state index in [1.54, 1.807) is 12.3 Å². The van der Waals surface area contributed by atoms with Gasteiger partial charge in [-0.3, -0.25) is 0 Å². The Labute approximate surface area is 84.6 Å². The molecule has 0 amide bonds. The molecule has 0 saturated carbocycles. The fourth-order valence-corrected chi connectivity index (χ4v) is 1.39. The molecular weight excluding hydrogens is 174 g/mol. The van der Waals surface area contributed by atoms with Crippen molar-refractivity contribution in [3.63, 3.8) is 0 Å². The van der Waals surface area contributed by atoms with E-state index >= 15 is 0 Å². The van der Waals surface area contributed by atoms with Crippen LogP contribution in [0.25, 0.3) is 0 Å². The van der Waals surface area contributed by atoms with Crippen LogP contribution in [0.3, 0.4) is 0 Å². The molecule has 3 heteroatoms.